The smallest absolute Gasteiger partial charge is 0.223 e. The van der Waals surface area contributed by atoms with Gasteiger partial charge in [0.2, 0.25) is 5.91 Å². The topological polar surface area (TPSA) is 49.3 Å². The molecular weight excluding hydrogens is 258 g/mol. The van der Waals surface area contributed by atoms with E-state index in [1.165, 1.54) is 10.4 Å². The Kier molecular flexibility index (Phi) is 4.63. The third-order valence-corrected chi connectivity index (χ3v) is 4.77. The molecule has 1 saturated carbocycles. The van der Waals surface area contributed by atoms with Gasteiger partial charge in [0.1, 0.15) is 0 Å². The first-order chi connectivity index (χ1) is 8.99. The summed E-state index contributed by atoms with van der Waals surface area (Å²) >= 11 is 1.74. The highest BCUT2D eigenvalue weighted by atomic mass is 32.1. The summed E-state index contributed by atoms with van der Waals surface area (Å²) in [6.45, 7) is 6.62. The van der Waals surface area contributed by atoms with Gasteiger partial charge >= 0.3 is 0 Å². The third-order valence-electron chi connectivity index (χ3n) is 3.62. The van der Waals surface area contributed by atoms with Gasteiger partial charge in [-0.3, -0.25) is 4.79 Å². The molecule has 106 valence electrons. The normalized spacial score (nSPS) is 23.4. The van der Waals surface area contributed by atoms with Gasteiger partial charge < -0.3 is 10.4 Å². The van der Waals surface area contributed by atoms with Crippen LogP contribution in [-0.2, 0) is 4.79 Å². The molecular formula is C15H23NO2S. The van der Waals surface area contributed by atoms with Gasteiger partial charge in [-0.05, 0) is 42.7 Å². The first-order valence-electron chi connectivity index (χ1n) is 6.98. The van der Waals surface area contributed by atoms with Crippen molar-refractivity contribution in [3.8, 4) is 0 Å². The minimum absolute atomic E-state index is 0.0978. The van der Waals surface area contributed by atoms with Gasteiger partial charge in [-0.1, -0.05) is 13.8 Å². The molecule has 1 aromatic heterocycles. The van der Waals surface area contributed by atoms with Gasteiger partial charge in [0, 0.05) is 23.3 Å². The molecule has 19 heavy (non-hydrogen) atoms. The van der Waals surface area contributed by atoms with E-state index in [0.29, 0.717) is 18.4 Å². The second-order valence-corrected chi connectivity index (χ2v) is 6.89. The average molecular weight is 281 g/mol. The Balaban J connectivity index is 1.76. The van der Waals surface area contributed by atoms with Crippen molar-refractivity contribution in [1.82, 2.24) is 5.32 Å². The molecule has 1 aliphatic rings. The van der Waals surface area contributed by atoms with Crippen LogP contribution in [0.4, 0.5) is 0 Å². The van der Waals surface area contributed by atoms with Gasteiger partial charge in [-0.2, -0.15) is 0 Å². The molecule has 1 aromatic rings. The lowest BCUT2D eigenvalue weighted by molar-refractivity contribution is -0.122. The van der Waals surface area contributed by atoms with E-state index in [0.717, 1.165) is 12.8 Å². The predicted molar refractivity (Wildman–Crippen MR) is 78.4 cm³/mol. The zero-order chi connectivity index (χ0) is 14.0. The van der Waals surface area contributed by atoms with Gasteiger partial charge in [-0.15, -0.1) is 11.3 Å². The monoisotopic (exact) mass is 281 g/mol. The van der Waals surface area contributed by atoms with E-state index < -0.39 is 6.10 Å². The first kappa shape index (κ1) is 14.5. The van der Waals surface area contributed by atoms with E-state index in [2.05, 4.69) is 37.5 Å². The highest BCUT2D eigenvalue weighted by Gasteiger charge is 2.45. The minimum atomic E-state index is -0.426. The number of nitrogens with one attached hydrogen (secondary N) is 1. The zero-order valence-electron chi connectivity index (χ0n) is 11.8. The summed E-state index contributed by atoms with van der Waals surface area (Å²) in [5.41, 5.74) is 1.30. The number of aliphatic hydroxyl groups is 1. The average Bonchev–Trinajstić information content (AvgIpc) is 3.01. The van der Waals surface area contributed by atoms with Crippen molar-refractivity contribution in [2.45, 2.75) is 45.6 Å². The van der Waals surface area contributed by atoms with E-state index in [1.54, 1.807) is 11.3 Å². The Morgan fingerprint density at radius 2 is 2.32 bits per heavy atom. The van der Waals surface area contributed by atoms with Crippen molar-refractivity contribution in [3.05, 3.63) is 21.9 Å². The molecule has 3 atom stereocenters. The highest BCUT2D eigenvalue weighted by Crippen LogP contribution is 2.50. The number of aliphatic hydroxyl groups excluding tert-OH is 1. The number of rotatable bonds is 6. The van der Waals surface area contributed by atoms with E-state index in [-0.39, 0.29) is 11.8 Å². The number of hydrogen-bond donors (Lipinski definition) is 2. The molecule has 0 saturated heterocycles. The fraction of sp³-hybridized carbons (Fsp3) is 0.667. The summed E-state index contributed by atoms with van der Waals surface area (Å²) < 4.78 is 0. The zero-order valence-corrected chi connectivity index (χ0v) is 12.7. The molecule has 3 unspecified atom stereocenters. The van der Waals surface area contributed by atoms with Gasteiger partial charge in [0.15, 0.2) is 0 Å². The number of carbonyl (C=O) groups is 1. The summed E-state index contributed by atoms with van der Waals surface area (Å²) in [5, 5.41) is 14.7. The summed E-state index contributed by atoms with van der Waals surface area (Å²) in [6.07, 6.45) is 1.26. The third kappa shape index (κ3) is 3.80. The second-order valence-electron chi connectivity index (χ2n) is 5.95. The number of carbonyl (C=O) groups excluding carboxylic acids is 1. The molecule has 1 aliphatic carbocycles. The van der Waals surface area contributed by atoms with Crippen LogP contribution in [0.3, 0.4) is 0 Å². The first-order valence-corrected chi connectivity index (χ1v) is 7.86. The van der Waals surface area contributed by atoms with Gasteiger partial charge in [0.25, 0.3) is 0 Å². The molecule has 0 aromatic carbocycles. The number of hydrogen-bond acceptors (Lipinski definition) is 3. The maximum absolute atomic E-state index is 12.0. The van der Waals surface area contributed by atoms with E-state index in [1.807, 2.05) is 0 Å². The Morgan fingerprint density at radius 1 is 1.58 bits per heavy atom. The van der Waals surface area contributed by atoms with Crippen molar-refractivity contribution in [1.29, 1.82) is 0 Å². The number of amides is 1. The molecule has 2 rings (SSSR count). The van der Waals surface area contributed by atoms with Crippen LogP contribution in [0, 0.1) is 18.8 Å². The summed E-state index contributed by atoms with van der Waals surface area (Å²) in [5.74, 6) is 1.07. The molecule has 1 fully saturated rings. The molecule has 0 spiro atoms. The maximum Gasteiger partial charge on any atom is 0.223 e. The standard InChI is InChI=1S/C15H23NO2S/c1-9(2)6-11(17)8-16-15(18)13-7-12(13)14-10(3)4-5-19-14/h4-5,9,11-13,17H,6-8H2,1-3H3,(H,16,18). The Hall–Kier alpha value is -0.870. The minimum Gasteiger partial charge on any atom is -0.391 e. The van der Waals surface area contributed by atoms with Crippen molar-refractivity contribution in [2.24, 2.45) is 11.8 Å². The fourth-order valence-corrected chi connectivity index (χ4v) is 3.62. The van der Waals surface area contributed by atoms with Gasteiger partial charge in [0.05, 0.1) is 6.10 Å². The summed E-state index contributed by atoms with van der Waals surface area (Å²) in [6, 6.07) is 2.11. The molecule has 4 heteroatoms. The maximum atomic E-state index is 12.0. The Bertz CT molecular complexity index is 441. The second kappa shape index (κ2) is 6.06. The van der Waals surface area contributed by atoms with E-state index >= 15 is 0 Å². The van der Waals surface area contributed by atoms with Crippen LogP contribution in [0.5, 0.6) is 0 Å². The van der Waals surface area contributed by atoms with Crippen molar-refractivity contribution in [3.63, 3.8) is 0 Å². The van der Waals surface area contributed by atoms with Crippen molar-refractivity contribution >= 4 is 17.2 Å². The molecule has 3 nitrogen and oxygen atoms in total. The lowest BCUT2D eigenvalue weighted by atomic mass is 10.1. The molecule has 0 radical (unpaired) electrons. The Morgan fingerprint density at radius 3 is 2.89 bits per heavy atom. The van der Waals surface area contributed by atoms with Crippen molar-refractivity contribution < 1.29 is 9.90 Å². The molecule has 1 heterocycles. The highest BCUT2D eigenvalue weighted by molar-refractivity contribution is 7.10. The summed E-state index contributed by atoms with van der Waals surface area (Å²) in [7, 11) is 0. The van der Waals surface area contributed by atoms with Crippen LogP contribution in [-0.4, -0.2) is 23.7 Å². The van der Waals surface area contributed by atoms with Crippen LogP contribution in [0.1, 0.15) is 43.0 Å². The number of aryl methyl sites for hydroxylation is 1. The van der Waals surface area contributed by atoms with E-state index in [4.69, 9.17) is 0 Å². The quantitative estimate of drug-likeness (QED) is 0.842. The Labute approximate surface area is 119 Å². The number of thiophene rings is 1. The van der Waals surface area contributed by atoms with Crippen LogP contribution < -0.4 is 5.32 Å². The largest absolute Gasteiger partial charge is 0.391 e. The fourth-order valence-electron chi connectivity index (χ4n) is 2.52. The molecule has 0 aliphatic heterocycles. The van der Waals surface area contributed by atoms with Crippen LogP contribution in [0.15, 0.2) is 11.4 Å². The van der Waals surface area contributed by atoms with Gasteiger partial charge in [-0.25, -0.2) is 0 Å². The molecule has 0 bridgehead atoms. The van der Waals surface area contributed by atoms with Crippen LogP contribution >= 0.6 is 11.3 Å². The lowest BCUT2D eigenvalue weighted by Gasteiger charge is -2.13. The molecule has 1 amide bonds. The molecule has 2 N–H and O–H groups in total. The SMILES string of the molecule is Cc1ccsc1C1CC1C(=O)NCC(O)CC(C)C. The van der Waals surface area contributed by atoms with Crippen LogP contribution in [0.25, 0.3) is 0 Å². The van der Waals surface area contributed by atoms with Crippen LogP contribution in [0.2, 0.25) is 0 Å². The van der Waals surface area contributed by atoms with Crippen molar-refractivity contribution in [2.75, 3.05) is 6.54 Å². The summed E-state index contributed by atoms with van der Waals surface area (Å²) in [4.78, 5) is 13.3. The van der Waals surface area contributed by atoms with E-state index in [9.17, 15) is 9.90 Å². The lowest BCUT2D eigenvalue weighted by Crippen LogP contribution is -2.34. The predicted octanol–water partition coefficient (Wildman–Crippen LogP) is 2.68.